The number of nitrogens with zero attached hydrogens (tertiary/aromatic N) is 3. The number of anilines is 1. The highest BCUT2D eigenvalue weighted by Crippen LogP contribution is 2.30. The summed E-state index contributed by atoms with van der Waals surface area (Å²) in [4.78, 5) is 137. The number of likely N-dealkylation sites (N-methyl/N-ethyl adjacent to an activating group) is 2. The Morgan fingerprint density at radius 3 is 1.97 bits per heavy atom. The molecule has 2 aromatic carbocycles. The molecule has 0 bridgehead atoms. The summed E-state index contributed by atoms with van der Waals surface area (Å²) in [6.07, 6.45) is 1.98. The number of methoxy groups -OCH3 is 2. The number of aliphatic hydroxyl groups is 1. The second kappa shape index (κ2) is 37.7. The molecular weight excluding hydrogens is 1120 g/mol. The van der Waals surface area contributed by atoms with Gasteiger partial charge in [0, 0.05) is 59.9 Å². The van der Waals surface area contributed by atoms with Crippen molar-refractivity contribution in [2.75, 3.05) is 46.7 Å². The van der Waals surface area contributed by atoms with Crippen LogP contribution in [0.1, 0.15) is 151 Å². The van der Waals surface area contributed by atoms with E-state index < -0.39 is 108 Å². The molecule has 87 heavy (non-hydrogen) atoms. The van der Waals surface area contributed by atoms with E-state index in [1.54, 1.807) is 109 Å². The van der Waals surface area contributed by atoms with E-state index in [1.165, 1.54) is 26.2 Å². The molecule has 1 saturated heterocycles. The van der Waals surface area contributed by atoms with Gasteiger partial charge in [-0.25, -0.2) is 4.79 Å². The van der Waals surface area contributed by atoms with Crippen LogP contribution in [0.15, 0.2) is 54.6 Å². The first-order chi connectivity index (χ1) is 41.3. The molecule has 1 aliphatic rings. The molecule has 0 aromatic heterocycles. The minimum absolute atomic E-state index is 0.0837. The van der Waals surface area contributed by atoms with Crippen LogP contribution >= 0.6 is 0 Å². The molecule has 3 rings (SSSR count). The number of rotatable bonds is 38. The lowest BCUT2D eigenvalue weighted by Gasteiger charge is -2.41. The van der Waals surface area contributed by atoms with Crippen LogP contribution in [0, 0.1) is 29.6 Å². The standard InChI is InChI=1S/C64H101N9O14/c1-15-42(8)56(50(85-13)36-52(77)73-34-23-27-49(73)58(86-14)43(9)59(79)66-44(10)57(78)46-24-18-16-19-25-46)71(11)63(83)54(40(4)5)70-62(82)55(41(6)7)72(12)64(84)87-37-45-29-31-47(32-30-45)67-60(80)48(26-22-33-65-38-75)68-61(81)53(39(2)3)69-51(76)28-20-17-21-35-74/h16,18-19,24-25,29-32,35,38-44,48-50,53-58,78H,15,17,20-23,26-28,33-34,36-37H2,1-14H3,(H,65,75)(H,66,79)(H,67,80)(H,68,81)(H,69,76)(H,70,82)/t42-,43+,44+,48-,49-,50+,53?,54+,55-,56-,57+,58+/m0/s1. The van der Waals surface area contributed by atoms with E-state index in [0.29, 0.717) is 74.7 Å². The average Bonchev–Trinajstić information content (AvgIpc) is 2.71. The van der Waals surface area contributed by atoms with Gasteiger partial charge in [0.15, 0.2) is 0 Å². The molecule has 1 unspecified atom stereocenters. The molecule has 23 heteroatoms. The van der Waals surface area contributed by atoms with E-state index in [2.05, 4.69) is 31.9 Å². The smallest absolute Gasteiger partial charge is 0.410 e. The van der Waals surface area contributed by atoms with Crippen molar-refractivity contribution in [3.05, 3.63) is 65.7 Å². The van der Waals surface area contributed by atoms with Crippen LogP contribution in [0.2, 0.25) is 0 Å². The highest BCUT2D eigenvalue weighted by Gasteiger charge is 2.44. The van der Waals surface area contributed by atoms with Crippen molar-refractivity contribution >= 4 is 65.8 Å². The van der Waals surface area contributed by atoms with Gasteiger partial charge in [0.05, 0.1) is 48.8 Å². The van der Waals surface area contributed by atoms with Gasteiger partial charge in [-0.05, 0) is 92.4 Å². The lowest BCUT2D eigenvalue weighted by molar-refractivity contribution is -0.148. The maximum atomic E-state index is 14.8. The molecule has 9 amide bonds. The number of likely N-dealkylation sites (tertiary alicyclic amines) is 1. The van der Waals surface area contributed by atoms with Gasteiger partial charge in [0.25, 0.3) is 0 Å². The molecule has 0 saturated carbocycles. The summed E-state index contributed by atoms with van der Waals surface area (Å²) in [5.74, 6) is -5.00. The van der Waals surface area contributed by atoms with E-state index in [0.717, 1.165) is 6.29 Å². The molecule has 1 heterocycles. The molecule has 23 nitrogen and oxygen atoms in total. The SMILES string of the molecule is CC[C@H](C)[C@@H]([C@@H](CC(=O)N1CCC[C@H]1[C@H](OC)[C@@H](C)C(=O)N[C@H](C)[C@@H](O)c1ccccc1)OC)N(C)C(=O)[C@H](NC(=O)[C@H](C(C)C)N(C)C(=O)OCc1ccc(NC(=O)[C@H](CCCNC=O)NC(=O)C(NC(=O)CCCCC=O)C(C)C)cc1)C(C)C. The van der Waals surface area contributed by atoms with Gasteiger partial charge in [-0.3, -0.25) is 43.3 Å². The summed E-state index contributed by atoms with van der Waals surface area (Å²) in [7, 11) is 6.10. The summed E-state index contributed by atoms with van der Waals surface area (Å²) in [5.41, 5.74) is 1.59. The van der Waals surface area contributed by atoms with Gasteiger partial charge in [-0.15, -0.1) is 0 Å². The number of aldehydes is 1. The molecule has 0 aliphatic carbocycles. The monoisotopic (exact) mass is 1220 g/mol. The van der Waals surface area contributed by atoms with Crippen LogP contribution in [-0.2, 0) is 64.0 Å². The fourth-order valence-electron chi connectivity index (χ4n) is 11.1. The van der Waals surface area contributed by atoms with Crippen molar-refractivity contribution in [2.45, 2.75) is 201 Å². The van der Waals surface area contributed by atoms with Gasteiger partial charge in [0.1, 0.15) is 37.1 Å². The van der Waals surface area contributed by atoms with E-state index in [1.807, 2.05) is 32.0 Å². The summed E-state index contributed by atoms with van der Waals surface area (Å²) in [6.45, 7) is 18.6. The second-order valence-electron chi connectivity index (χ2n) is 24.0. The molecule has 12 atom stereocenters. The van der Waals surface area contributed by atoms with Crippen LogP contribution in [0.25, 0.3) is 0 Å². The third-order valence-corrected chi connectivity index (χ3v) is 16.4. The van der Waals surface area contributed by atoms with Crippen molar-refractivity contribution in [1.29, 1.82) is 0 Å². The first kappa shape index (κ1) is 74.3. The first-order valence-electron chi connectivity index (χ1n) is 30.7. The van der Waals surface area contributed by atoms with Crippen LogP contribution in [0.5, 0.6) is 0 Å². The Hall–Kier alpha value is -6.98. The van der Waals surface area contributed by atoms with Crippen molar-refractivity contribution < 1.29 is 67.3 Å². The fourth-order valence-corrected chi connectivity index (χ4v) is 11.1. The predicted octanol–water partition coefficient (Wildman–Crippen LogP) is 5.43. The molecule has 0 spiro atoms. The van der Waals surface area contributed by atoms with Crippen molar-refractivity contribution in [3.8, 4) is 0 Å². The fraction of sp³-hybridized carbons (Fsp3) is 0.656. The van der Waals surface area contributed by atoms with E-state index >= 15 is 0 Å². The van der Waals surface area contributed by atoms with Gasteiger partial charge in [-0.1, -0.05) is 111 Å². The Bertz CT molecular complexity index is 2520. The lowest BCUT2D eigenvalue weighted by atomic mass is 9.89. The van der Waals surface area contributed by atoms with Gasteiger partial charge < -0.3 is 65.8 Å². The molecular formula is C64H101N9O14. The topological polar surface area (TPSA) is 301 Å². The van der Waals surface area contributed by atoms with Gasteiger partial charge >= 0.3 is 6.09 Å². The minimum atomic E-state index is -1.07. The minimum Gasteiger partial charge on any atom is -0.445 e. The number of hydrogen-bond acceptors (Lipinski definition) is 14. The number of ether oxygens (including phenoxy) is 3. The molecule has 7 N–H and O–H groups in total. The molecule has 1 aliphatic heterocycles. The number of aliphatic hydroxyl groups excluding tert-OH is 1. The highest BCUT2D eigenvalue weighted by molar-refractivity contribution is 5.98. The Morgan fingerprint density at radius 1 is 0.736 bits per heavy atom. The largest absolute Gasteiger partial charge is 0.445 e. The quantitative estimate of drug-likeness (QED) is 0.0326. The third-order valence-electron chi connectivity index (χ3n) is 16.4. The normalized spacial score (nSPS) is 17.0. The first-order valence-corrected chi connectivity index (χ1v) is 30.7. The Kier molecular flexibility index (Phi) is 32.1. The molecule has 0 radical (unpaired) electrons. The third kappa shape index (κ3) is 22.6. The number of benzene rings is 2. The molecule has 1 fully saturated rings. The summed E-state index contributed by atoms with van der Waals surface area (Å²) in [5, 5.41) is 27.7. The van der Waals surface area contributed by atoms with E-state index in [4.69, 9.17) is 14.2 Å². The van der Waals surface area contributed by atoms with Crippen molar-refractivity contribution in [2.24, 2.45) is 29.6 Å². The maximum absolute atomic E-state index is 14.8. The molecule has 486 valence electrons. The highest BCUT2D eigenvalue weighted by atomic mass is 16.6. The maximum Gasteiger partial charge on any atom is 0.410 e. The van der Waals surface area contributed by atoms with Crippen molar-refractivity contribution in [1.82, 2.24) is 41.3 Å². The molecule has 2 aromatic rings. The number of unbranched alkanes of at least 4 members (excludes halogenated alkanes) is 2. The zero-order valence-electron chi connectivity index (χ0n) is 53.8. The van der Waals surface area contributed by atoms with Crippen molar-refractivity contribution in [3.63, 3.8) is 0 Å². The zero-order valence-corrected chi connectivity index (χ0v) is 53.8. The van der Waals surface area contributed by atoms with Crippen LogP contribution < -0.4 is 31.9 Å². The summed E-state index contributed by atoms with van der Waals surface area (Å²) < 4.78 is 17.7. The predicted molar refractivity (Wildman–Crippen MR) is 330 cm³/mol. The van der Waals surface area contributed by atoms with Crippen LogP contribution in [0.4, 0.5) is 10.5 Å². The summed E-state index contributed by atoms with van der Waals surface area (Å²) in [6, 6.07) is 9.78. The van der Waals surface area contributed by atoms with Gasteiger partial charge in [-0.2, -0.15) is 0 Å². The van der Waals surface area contributed by atoms with Gasteiger partial charge in [0.2, 0.25) is 47.8 Å². The Labute approximate surface area is 515 Å². The average molecular weight is 1220 g/mol. The number of nitrogens with one attached hydrogen (secondary N) is 6. The number of carbonyl (C=O) groups is 10. The number of carbonyl (C=O) groups excluding carboxylic acids is 10. The van der Waals surface area contributed by atoms with E-state index in [9.17, 15) is 53.1 Å². The number of hydrogen-bond donors (Lipinski definition) is 7. The van der Waals surface area contributed by atoms with E-state index in [-0.39, 0.29) is 62.0 Å². The number of amides is 9. The Morgan fingerprint density at radius 2 is 1.39 bits per heavy atom. The zero-order chi connectivity index (χ0) is 65.1. The lowest BCUT2D eigenvalue weighted by Crippen LogP contribution is -2.60. The summed E-state index contributed by atoms with van der Waals surface area (Å²) >= 11 is 0. The Balaban J connectivity index is 1.70. The van der Waals surface area contributed by atoms with Crippen LogP contribution in [0.3, 0.4) is 0 Å². The second-order valence-corrected chi connectivity index (χ2v) is 24.0. The van der Waals surface area contributed by atoms with Crippen LogP contribution in [-0.4, -0.2) is 176 Å².